The van der Waals surface area contributed by atoms with Crippen molar-refractivity contribution in [1.82, 2.24) is 0 Å². The molecule has 0 aliphatic carbocycles. The minimum Gasteiger partial charge on any atom is -0.466 e. The molecule has 0 aliphatic heterocycles. The summed E-state index contributed by atoms with van der Waals surface area (Å²) in [5, 5.41) is 0. The molecule has 0 amide bonds. The van der Waals surface area contributed by atoms with Gasteiger partial charge in [0.25, 0.3) is 0 Å². The first kappa shape index (κ1) is 14.9. The van der Waals surface area contributed by atoms with Crippen LogP contribution in [-0.4, -0.2) is 25.2 Å². The Morgan fingerprint density at radius 3 is 1.62 bits per heavy atom. The van der Waals surface area contributed by atoms with Crippen LogP contribution in [0.5, 0.6) is 0 Å². The van der Waals surface area contributed by atoms with Crippen molar-refractivity contribution in [1.29, 1.82) is 0 Å². The standard InChI is InChI=1S/C12H22O4/c1-7(2)10(8(3)4)12(14)16-9(5)11(13)15-6/h7-10H,1-6H3. The van der Waals surface area contributed by atoms with Crippen molar-refractivity contribution in [3.63, 3.8) is 0 Å². The van der Waals surface area contributed by atoms with E-state index in [-0.39, 0.29) is 23.7 Å². The highest BCUT2D eigenvalue weighted by atomic mass is 16.6. The molecule has 0 bridgehead atoms. The van der Waals surface area contributed by atoms with Crippen LogP contribution in [0.4, 0.5) is 0 Å². The molecular formula is C12H22O4. The normalized spacial score (nSPS) is 13.1. The average Bonchev–Trinajstić information content (AvgIpc) is 2.14. The van der Waals surface area contributed by atoms with Gasteiger partial charge in [-0.3, -0.25) is 4.79 Å². The molecule has 1 atom stereocenters. The Kier molecular flexibility index (Phi) is 6.08. The van der Waals surface area contributed by atoms with Gasteiger partial charge in [-0.2, -0.15) is 0 Å². The fourth-order valence-corrected chi connectivity index (χ4v) is 1.78. The summed E-state index contributed by atoms with van der Waals surface area (Å²) in [6.45, 7) is 9.38. The molecule has 0 saturated carbocycles. The summed E-state index contributed by atoms with van der Waals surface area (Å²) in [6.07, 6.45) is -0.836. The molecule has 0 aromatic rings. The quantitative estimate of drug-likeness (QED) is 0.678. The molecule has 0 aromatic carbocycles. The Morgan fingerprint density at radius 1 is 0.875 bits per heavy atom. The zero-order valence-corrected chi connectivity index (χ0v) is 10.9. The van der Waals surface area contributed by atoms with Crippen LogP contribution in [0.3, 0.4) is 0 Å². The van der Waals surface area contributed by atoms with Crippen LogP contribution in [0.2, 0.25) is 0 Å². The zero-order chi connectivity index (χ0) is 12.9. The van der Waals surface area contributed by atoms with Crippen LogP contribution in [0, 0.1) is 17.8 Å². The SMILES string of the molecule is COC(=O)C(C)OC(=O)C(C(C)C)C(C)C. The predicted octanol–water partition coefficient (Wildman–Crippen LogP) is 2.02. The van der Waals surface area contributed by atoms with Crippen LogP contribution in [0.25, 0.3) is 0 Å². The van der Waals surface area contributed by atoms with E-state index < -0.39 is 12.1 Å². The fourth-order valence-electron chi connectivity index (χ4n) is 1.78. The summed E-state index contributed by atoms with van der Waals surface area (Å²) in [5.41, 5.74) is 0. The molecule has 0 radical (unpaired) electrons. The Hall–Kier alpha value is -1.06. The molecule has 94 valence electrons. The number of hydrogen-bond donors (Lipinski definition) is 0. The van der Waals surface area contributed by atoms with E-state index in [1.54, 1.807) is 0 Å². The van der Waals surface area contributed by atoms with Crippen molar-refractivity contribution >= 4 is 11.9 Å². The molecule has 0 aliphatic rings. The van der Waals surface area contributed by atoms with Gasteiger partial charge < -0.3 is 9.47 Å². The third-order valence-corrected chi connectivity index (χ3v) is 2.53. The Bertz CT molecular complexity index is 237. The van der Waals surface area contributed by atoms with E-state index in [0.29, 0.717) is 0 Å². The smallest absolute Gasteiger partial charge is 0.346 e. The Labute approximate surface area is 97.3 Å². The summed E-state index contributed by atoms with van der Waals surface area (Å²) in [6, 6.07) is 0. The third-order valence-electron chi connectivity index (χ3n) is 2.53. The van der Waals surface area contributed by atoms with Crippen LogP contribution in [0.1, 0.15) is 34.6 Å². The lowest BCUT2D eigenvalue weighted by atomic mass is 9.86. The monoisotopic (exact) mass is 230 g/mol. The van der Waals surface area contributed by atoms with E-state index in [1.165, 1.54) is 14.0 Å². The molecule has 0 N–H and O–H groups in total. The van der Waals surface area contributed by atoms with Gasteiger partial charge in [0, 0.05) is 0 Å². The number of esters is 2. The van der Waals surface area contributed by atoms with Gasteiger partial charge in [0.15, 0.2) is 6.10 Å². The number of ether oxygens (including phenoxy) is 2. The summed E-state index contributed by atoms with van der Waals surface area (Å²) in [5.74, 6) is -0.663. The van der Waals surface area contributed by atoms with E-state index in [9.17, 15) is 9.59 Å². The second-order valence-corrected chi connectivity index (χ2v) is 4.62. The first-order valence-electron chi connectivity index (χ1n) is 5.59. The Balaban J connectivity index is 4.48. The van der Waals surface area contributed by atoms with Gasteiger partial charge in [0.1, 0.15) is 0 Å². The van der Waals surface area contributed by atoms with Crippen molar-refractivity contribution < 1.29 is 19.1 Å². The summed E-state index contributed by atoms with van der Waals surface area (Å²) in [7, 11) is 1.27. The molecule has 16 heavy (non-hydrogen) atoms. The molecular weight excluding hydrogens is 208 g/mol. The predicted molar refractivity (Wildman–Crippen MR) is 60.7 cm³/mol. The van der Waals surface area contributed by atoms with E-state index >= 15 is 0 Å². The molecule has 4 nitrogen and oxygen atoms in total. The zero-order valence-electron chi connectivity index (χ0n) is 10.9. The second-order valence-electron chi connectivity index (χ2n) is 4.62. The highest BCUT2D eigenvalue weighted by Gasteiger charge is 2.29. The Morgan fingerprint density at radius 2 is 1.31 bits per heavy atom. The summed E-state index contributed by atoms with van der Waals surface area (Å²) < 4.78 is 9.57. The van der Waals surface area contributed by atoms with Gasteiger partial charge in [0.05, 0.1) is 13.0 Å². The van der Waals surface area contributed by atoms with E-state index in [2.05, 4.69) is 4.74 Å². The molecule has 0 fully saturated rings. The topological polar surface area (TPSA) is 52.6 Å². The van der Waals surface area contributed by atoms with Crippen LogP contribution < -0.4 is 0 Å². The van der Waals surface area contributed by atoms with Crippen molar-refractivity contribution in [3.8, 4) is 0 Å². The van der Waals surface area contributed by atoms with Gasteiger partial charge in [-0.25, -0.2) is 4.79 Å². The summed E-state index contributed by atoms with van der Waals surface area (Å²) >= 11 is 0. The number of carbonyl (C=O) groups is 2. The maximum atomic E-state index is 11.8. The number of methoxy groups -OCH3 is 1. The molecule has 0 heterocycles. The van der Waals surface area contributed by atoms with Crippen molar-refractivity contribution in [2.24, 2.45) is 17.8 Å². The molecule has 0 saturated heterocycles. The molecule has 0 aromatic heterocycles. The number of carbonyl (C=O) groups excluding carboxylic acids is 2. The third kappa shape index (κ3) is 4.21. The highest BCUT2D eigenvalue weighted by Crippen LogP contribution is 2.22. The van der Waals surface area contributed by atoms with Crippen LogP contribution >= 0.6 is 0 Å². The molecule has 4 heteroatoms. The largest absolute Gasteiger partial charge is 0.466 e. The van der Waals surface area contributed by atoms with Gasteiger partial charge in [-0.05, 0) is 18.8 Å². The lowest BCUT2D eigenvalue weighted by Crippen LogP contribution is -2.33. The minimum absolute atomic E-state index is 0.188. The van der Waals surface area contributed by atoms with E-state index in [1.807, 2.05) is 27.7 Å². The fraction of sp³-hybridized carbons (Fsp3) is 0.833. The maximum absolute atomic E-state index is 11.8. The lowest BCUT2D eigenvalue weighted by Gasteiger charge is -2.24. The first-order chi connectivity index (χ1) is 7.31. The van der Waals surface area contributed by atoms with Crippen molar-refractivity contribution in [2.75, 3.05) is 7.11 Å². The number of hydrogen-bond acceptors (Lipinski definition) is 4. The van der Waals surface area contributed by atoms with Crippen molar-refractivity contribution in [3.05, 3.63) is 0 Å². The van der Waals surface area contributed by atoms with Crippen molar-refractivity contribution in [2.45, 2.75) is 40.7 Å². The number of rotatable bonds is 5. The van der Waals surface area contributed by atoms with Crippen LogP contribution in [0.15, 0.2) is 0 Å². The minimum atomic E-state index is -0.836. The first-order valence-corrected chi connectivity index (χ1v) is 5.59. The highest BCUT2D eigenvalue weighted by molar-refractivity contribution is 5.80. The van der Waals surface area contributed by atoms with Gasteiger partial charge in [-0.15, -0.1) is 0 Å². The van der Waals surface area contributed by atoms with E-state index in [4.69, 9.17) is 4.74 Å². The molecule has 1 unspecified atom stereocenters. The van der Waals surface area contributed by atoms with Gasteiger partial charge >= 0.3 is 11.9 Å². The average molecular weight is 230 g/mol. The van der Waals surface area contributed by atoms with E-state index in [0.717, 1.165) is 0 Å². The molecule has 0 rings (SSSR count). The van der Waals surface area contributed by atoms with Gasteiger partial charge in [-0.1, -0.05) is 27.7 Å². The molecule has 0 spiro atoms. The van der Waals surface area contributed by atoms with Crippen LogP contribution in [-0.2, 0) is 19.1 Å². The maximum Gasteiger partial charge on any atom is 0.346 e. The van der Waals surface area contributed by atoms with Gasteiger partial charge in [0.2, 0.25) is 0 Å². The summed E-state index contributed by atoms with van der Waals surface area (Å²) in [4.78, 5) is 22.9. The second kappa shape index (κ2) is 6.51. The lowest BCUT2D eigenvalue weighted by molar-refractivity contribution is -0.169.